The van der Waals surface area contributed by atoms with Gasteiger partial charge in [0.15, 0.2) is 0 Å². The fourth-order valence-electron chi connectivity index (χ4n) is 3.90. The zero-order chi connectivity index (χ0) is 27.6. The van der Waals surface area contributed by atoms with Gasteiger partial charge in [-0.15, -0.1) is 0 Å². The van der Waals surface area contributed by atoms with E-state index >= 15 is 0 Å². The molecule has 9 nitrogen and oxygen atoms in total. The molecule has 0 aliphatic heterocycles. The van der Waals surface area contributed by atoms with Crippen molar-refractivity contribution in [1.29, 1.82) is 0 Å². The third-order valence-electron chi connectivity index (χ3n) is 5.89. The van der Waals surface area contributed by atoms with E-state index in [2.05, 4.69) is 5.32 Å². The number of amides is 2. The molecule has 0 spiro atoms. The molecular formula is C27H39N3O6S. The van der Waals surface area contributed by atoms with Gasteiger partial charge in [0.1, 0.15) is 24.1 Å². The molecule has 37 heavy (non-hydrogen) atoms. The van der Waals surface area contributed by atoms with Gasteiger partial charge in [-0.1, -0.05) is 51.1 Å². The van der Waals surface area contributed by atoms with Crippen molar-refractivity contribution in [3.63, 3.8) is 0 Å². The maximum Gasteiger partial charge on any atom is 0.244 e. The molecule has 2 aromatic carbocycles. The zero-order valence-electron chi connectivity index (χ0n) is 22.6. The number of hydrogen-bond donors (Lipinski definition) is 1. The summed E-state index contributed by atoms with van der Waals surface area (Å²) in [5.41, 5.74) is 1.19. The maximum atomic E-state index is 13.8. The maximum absolute atomic E-state index is 13.8. The summed E-state index contributed by atoms with van der Waals surface area (Å²) in [5.74, 6) is 0.186. The van der Waals surface area contributed by atoms with Gasteiger partial charge in [0, 0.05) is 19.2 Å². The highest BCUT2D eigenvalue weighted by atomic mass is 32.2. The van der Waals surface area contributed by atoms with Gasteiger partial charge < -0.3 is 19.7 Å². The lowest BCUT2D eigenvalue weighted by molar-refractivity contribution is -0.139. The molecule has 0 unspecified atom stereocenters. The molecule has 0 saturated heterocycles. The minimum atomic E-state index is -3.90. The summed E-state index contributed by atoms with van der Waals surface area (Å²) in [6, 6.07) is 13.6. The first-order valence-electron chi connectivity index (χ1n) is 12.3. The van der Waals surface area contributed by atoms with Crippen molar-refractivity contribution in [2.75, 3.05) is 44.4 Å². The molecule has 0 aliphatic rings. The third-order valence-corrected chi connectivity index (χ3v) is 7.02. The lowest BCUT2D eigenvalue weighted by atomic mass is 10.1. The number of carbonyl (C=O) groups excluding carboxylic acids is 2. The standard InChI is InChI=1S/C27H39N3O6S/c1-7-23(27(32)28-18-20(2)3)29(16-15-21-11-9-8-10-12-21)26(31)19-30(37(6,33)34)24-17-22(35-4)13-14-25(24)36-5/h8-14,17,20,23H,7,15-16,18-19H2,1-6H3,(H,28,32)/t23-/m0/s1. The highest BCUT2D eigenvalue weighted by Gasteiger charge is 2.32. The van der Waals surface area contributed by atoms with Crippen molar-refractivity contribution in [1.82, 2.24) is 10.2 Å². The van der Waals surface area contributed by atoms with Crippen LogP contribution in [0.4, 0.5) is 5.69 Å². The number of rotatable bonds is 14. The second-order valence-electron chi connectivity index (χ2n) is 9.19. The van der Waals surface area contributed by atoms with Gasteiger partial charge >= 0.3 is 0 Å². The van der Waals surface area contributed by atoms with Crippen LogP contribution in [0.2, 0.25) is 0 Å². The minimum Gasteiger partial charge on any atom is -0.497 e. The first-order chi connectivity index (χ1) is 17.5. The summed E-state index contributed by atoms with van der Waals surface area (Å²) in [6.07, 6.45) is 1.92. The zero-order valence-corrected chi connectivity index (χ0v) is 23.4. The Balaban J connectivity index is 2.44. The molecular weight excluding hydrogens is 494 g/mol. The van der Waals surface area contributed by atoms with Gasteiger partial charge in [-0.3, -0.25) is 13.9 Å². The summed E-state index contributed by atoms with van der Waals surface area (Å²) in [6.45, 7) is 6.05. The minimum absolute atomic E-state index is 0.179. The highest BCUT2D eigenvalue weighted by molar-refractivity contribution is 7.92. The van der Waals surface area contributed by atoms with Gasteiger partial charge in [-0.2, -0.15) is 0 Å². The molecule has 0 heterocycles. The normalized spacial score (nSPS) is 12.1. The number of nitrogens with zero attached hydrogens (tertiary/aromatic N) is 2. The van der Waals surface area contributed by atoms with Crippen molar-refractivity contribution in [3.8, 4) is 11.5 Å². The molecule has 0 aliphatic carbocycles. The molecule has 2 rings (SSSR count). The summed E-state index contributed by atoms with van der Waals surface area (Å²) < 4.78 is 37.4. The number of hydrogen-bond acceptors (Lipinski definition) is 6. The first kappa shape index (κ1) is 30.0. The number of ether oxygens (including phenoxy) is 2. The van der Waals surface area contributed by atoms with Crippen LogP contribution in [0.15, 0.2) is 48.5 Å². The molecule has 10 heteroatoms. The topological polar surface area (TPSA) is 105 Å². The van der Waals surface area contributed by atoms with Crippen molar-refractivity contribution >= 4 is 27.5 Å². The quantitative estimate of drug-likeness (QED) is 0.400. The van der Waals surface area contributed by atoms with Crippen LogP contribution in [-0.4, -0.2) is 71.3 Å². The van der Waals surface area contributed by atoms with Gasteiger partial charge in [0.25, 0.3) is 0 Å². The number of carbonyl (C=O) groups is 2. The number of methoxy groups -OCH3 is 2. The molecule has 204 valence electrons. The van der Waals surface area contributed by atoms with Crippen LogP contribution in [0, 0.1) is 5.92 Å². The van der Waals surface area contributed by atoms with Crippen LogP contribution >= 0.6 is 0 Å². The molecule has 1 N–H and O–H groups in total. The Morgan fingerprint density at radius 3 is 2.24 bits per heavy atom. The summed E-state index contributed by atoms with van der Waals surface area (Å²) in [7, 11) is -1.01. The van der Waals surface area contributed by atoms with Crippen LogP contribution in [0.1, 0.15) is 32.8 Å². The monoisotopic (exact) mass is 533 g/mol. The average Bonchev–Trinajstić information content (AvgIpc) is 2.87. The SMILES string of the molecule is CC[C@@H](C(=O)NCC(C)C)N(CCc1ccccc1)C(=O)CN(c1cc(OC)ccc1OC)S(C)(=O)=O. The van der Waals surface area contributed by atoms with Crippen LogP contribution in [-0.2, 0) is 26.0 Å². The Hall–Kier alpha value is -3.27. The molecule has 0 fully saturated rings. The molecule has 0 radical (unpaired) electrons. The Morgan fingerprint density at radius 1 is 1.03 bits per heavy atom. The fourth-order valence-corrected chi connectivity index (χ4v) is 4.75. The summed E-state index contributed by atoms with van der Waals surface area (Å²) in [5, 5.41) is 2.91. The largest absolute Gasteiger partial charge is 0.497 e. The van der Waals surface area contributed by atoms with Crippen LogP contribution in [0.25, 0.3) is 0 Å². The second-order valence-corrected chi connectivity index (χ2v) is 11.1. The van der Waals surface area contributed by atoms with Gasteiger partial charge in [-0.05, 0) is 36.5 Å². The molecule has 1 atom stereocenters. The molecule has 0 saturated carbocycles. The number of nitrogens with one attached hydrogen (secondary N) is 1. The van der Waals surface area contributed by atoms with Gasteiger partial charge in [-0.25, -0.2) is 8.42 Å². The van der Waals surface area contributed by atoms with E-state index in [1.165, 1.54) is 25.2 Å². The van der Waals surface area contributed by atoms with Crippen LogP contribution in [0.5, 0.6) is 11.5 Å². The smallest absolute Gasteiger partial charge is 0.244 e. The molecule has 2 aromatic rings. The van der Waals surface area contributed by atoms with Crippen molar-refractivity contribution < 1.29 is 27.5 Å². The lowest BCUT2D eigenvalue weighted by Gasteiger charge is -2.33. The molecule has 0 aromatic heterocycles. The van der Waals surface area contributed by atoms with E-state index in [0.29, 0.717) is 25.1 Å². The van der Waals surface area contributed by atoms with Crippen LogP contribution < -0.4 is 19.1 Å². The Morgan fingerprint density at radius 2 is 1.70 bits per heavy atom. The summed E-state index contributed by atoms with van der Waals surface area (Å²) >= 11 is 0. The van der Waals surface area contributed by atoms with E-state index < -0.39 is 28.5 Å². The molecule has 0 bridgehead atoms. The van der Waals surface area contributed by atoms with Crippen molar-refractivity contribution in [2.24, 2.45) is 5.92 Å². The number of benzene rings is 2. The van der Waals surface area contributed by atoms with Crippen molar-refractivity contribution in [2.45, 2.75) is 39.7 Å². The average molecular weight is 534 g/mol. The Bertz CT molecular complexity index is 1140. The first-order valence-corrected chi connectivity index (χ1v) is 14.2. The van der Waals surface area contributed by atoms with Crippen LogP contribution in [0.3, 0.4) is 0 Å². The Labute approximate surface area is 220 Å². The number of sulfonamides is 1. The van der Waals surface area contributed by atoms with Gasteiger partial charge in [0.05, 0.1) is 26.2 Å². The van der Waals surface area contributed by atoms with Gasteiger partial charge in [0.2, 0.25) is 21.8 Å². The highest BCUT2D eigenvalue weighted by Crippen LogP contribution is 2.33. The van der Waals surface area contributed by atoms with Crippen molar-refractivity contribution in [3.05, 3.63) is 54.1 Å². The summed E-state index contributed by atoms with van der Waals surface area (Å²) in [4.78, 5) is 28.3. The third kappa shape index (κ3) is 8.66. The van der Waals surface area contributed by atoms with E-state index in [0.717, 1.165) is 16.1 Å². The fraction of sp³-hybridized carbons (Fsp3) is 0.481. The molecule has 2 amide bonds. The lowest BCUT2D eigenvalue weighted by Crippen LogP contribution is -2.53. The van der Waals surface area contributed by atoms with E-state index in [4.69, 9.17) is 9.47 Å². The second kappa shape index (κ2) is 13.9. The van der Waals surface area contributed by atoms with E-state index in [-0.39, 0.29) is 29.8 Å². The predicted octanol–water partition coefficient (Wildman–Crippen LogP) is 3.09. The van der Waals surface area contributed by atoms with E-state index in [1.807, 2.05) is 51.1 Å². The van der Waals surface area contributed by atoms with E-state index in [9.17, 15) is 18.0 Å². The Kier molecular flexibility index (Phi) is 11.2. The number of anilines is 1. The predicted molar refractivity (Wildman–Crippen MR) is 146 cm³/mol. The van der Waals surface area contributed by atoms with E-state index in [1.54, 1.807) is 12.1 Å².